The Labute approximate surface area is 78.3 Å². The lowest BCUT2D eigenvalue weighted by Gasteiger charge is -1.96. The molecule has 0 aliphatic carbocycles. The highest BCUT2D eigenvalue weighted by Gasteiger charge is 2.14. The van der Waals surface area contributed by atoms with Crippen molar-refractivity contribution in [3.05, 3.63) is 35.8 Å². The third-order valence-electron chi connectivity index (χ3n) is 1.75. The van der Waals surface area contributed by atoms with Gasteiger partial charge in [-0.3, -0.25) is 4.79 Å². The highest BCUT2D eigenvalue weighted by molar-refractivity contribution is 5.82. The van der Waals surface area contributed by atoms with Crippen molar-refractivity contribution in [2.45, 2.75) is 0 Å². The number of benzene rings is 1. The molecule has 0 amide bonds. The Bertz CT molecular complexity index is 467. The number of carbonyl (C=O) groups is 1. The molecule has 0 spiro atoms. The van der Waals surface area contributed by atoms with Gasteiger partial charge in [-0.15, -0.1) is 0 Å². The van der Waals surface area contributed by atoms with Gasteiger partial charge in [0.1, 0.15) is 11.5 Å². The third kappa shape index (κ3) is 1.28. The Hall–Kier alpha value is -2.04. The minimum atomic E-state index is -0.466. The molecule has 1 heterocycles. The molecule has 0 saturated heterocycles. The topological polar surface area (TPSA) is 56.0 Å². The largest absolute Gasteiger partial charge is 0.296 e. The molecular formula is C9H5FN2O2. The van der Waals surface area contributed by atoms with Crippen molar-refractivity contribution in [2.24, 2.45) is 0 Å². The maximum atomic E-state index is 13.2. The zero-order valence-corrected chi connectivity index (χ0v) is 6.98. The van der Waals surface area contributed by atoms with E-state index >= 15 is 0 Å². The van der Waals surface area contributed by atoms with Crippen molar-refractivity contribution in [3.8, 4) is 11.3 Å². The summed E-state index contributed by atoms with van der Waals surface area (Å²) in [5.41, 5.74) is 0.323. The smallest absolute Gasteiger partial charge is 0.175 e. The van der Waals surface area contributed by atoms with E-state index in [0.29, 0.717) is 6.29 Å². The summed E-state index contributed by atoms with van der Waals surface area (Å²) < 4.78 is 17.6. The van der Waals surface area contributed by atoms with Crippen LogP contribution in [0.1, 0.15) is 10.5 Å². The maximum Gasteiger partial charge on any atom is 0.175 e. The summed E-state index contributed by atoms with van der Waals surface area (Å²) in [6.45, 7) is 0. The molecule has 0 radical (unpaired) electrons. The van der Waals surface area contributed by atoms with E-state index in [1.165, 1.54) is 12.1 Å². The van der Waals surface area contributed by atoms with Crippen LogP contribution in [0.25, 0.3) is 11.3 Å². The molecule has 0 N–H and O–H groups in total. The molecule has 0 fully saturated rings. The van der Waals surface area contributed by atoms with Gasteiger partial charge in [0.2, 0.25) is 0 Å². The molecule has 0 atom stereocenters. The number of hydrogen-bond donors (Lipinski definition) is 0. The van der Waals surface area contributed by atoms with Gasteiger partial charge in [-0.05, 0) is 22.4 Å². The van der Waals surface area contributed by atoms with Crippen LogP contribution in [0.4, 0.5) is 4.39 Å². The van der Waals surface area contributed by atoms with Crippen molar-refractivity contribution in [1.29, 1.82) is 0 Å². The second kappa shape index (κ2) is 3.37. The van der Waals surface area contributed by atoms with E-state index in [1.54, 1.807) is 12.1 Å². The Morgan fingerprint density at radius 3 is 2.79 bits per heavy atom. The van der Waals surface area contributed by atoms with Crippen molar-refractivity contribution >= 4 is 6.29 Å². The Morgan fingerprint density at radius 2 is 2.07 bits per heavy atom. The lowest BCUT2D eigenvalue weighted by atomic mass is 10.1. The summed E-state index contributed by atoms with van der Waals surface area (Å²) in [4.78, 5) is 10.5. The molecule has 0 aliphatic heterocycles. The van der Waals surface area contributed by atoms with Crippen LogP contribution < -0.4 is 0 Å². The first-order valence-electron chi connectivity index (χ1n) is 3.85. The molecule has 0 aliphatic rings. The van der Waals surface area contributed by atoms with E-state index in [1.807, 2.05) is 0 Å². The van der Waals surface area contributed by atoms with Gasteiger partial charge in [0.15, 0.2) is 12.0 Å². The minimum Gasteiger partial charge on any atom is -0.296 e. The van der Waals surface area contributed by atoms with E-state index in [0.717, 1.165) is 0 Å². The number of carbonyl (C=O) groups excluding carboxylic acids is 1. The van der Waals surface area contributed by atoms with Gasteiger partial charge < -0.3 is 0 Å². The first-order chi connectivity index (χ1) is 6.83. The number of aldehydes is 1. The Balaban J connectivity index is 2.60. The average Bonchev–Trinajstić information content (AvgIpc) is 2.66. The zero-order valence-electron chi connectivity index (χ0n) is 6.98. The quantitative estimate of drug-likeness (QED) is 0.679. The number of nitrogens with zero attached hydrogens (tertiary/aromatic N) is 2. The first kappa shape index (κ1) is 8.55. The van der Waals surface area contributed by atoms with Crippen LogP contribution in [0.3, 0.4) is 0 Å². The van der Waals surface area contributed by atoms with Crippen LogP contribution in [0.15, 0.2) is 28.9 Å². The fourth-order valence-corrected chi connectivity index (χ4v) is 1.11. The number of hydrogen-bond acceptors (Lipinski definition) is 4. The SMILES string of the molecule is O=Cc1nonc1-c1ccccc1F. The van der Waals surface area contributed by atoms with Gasteiger partial charge in [0.25, 0.3) is 0 Å². The highest BCUT2D eigenvalue weighted by Crippen LogP contribution is 2.21. The van der Waals surface area contributed by atoms with Crippen molar-refractivity contribution < 1.29 is 13.8 Å². The van der Waals surface area contributed by atoms with Gasteiger partial charge >= 0.3 is 0 Å². The molecule has 2 rings (SSSR count). The van der Waals surface area contributed by atoms with E-state index < -0.39 is 5.82 Å². The molecule has 14 heavy (non-hydrogen) atoms. The van der Waals surface area contributed by atoms with Crippen LogP contribution in [0, 0.1) is 5.82 Å². The van der Waals surface area contributed by atoms with E-state index in [-0.39, 0.29) is 17.0 Å². The minimum absolute atomic E-state index is 0.00454. The summed E-state index contributed by atoms with van der Waals surface area (Å²) in [6.07, 6.45) is 0.471. The van der Waals surface area contributed by atoms with Crippen molar-refractivity contribution in [3.63, 3.8) is 0 Å². The van der Waals surface area contributed by atoms with Gasteiger partial charge in [0.05, 0.1) is 0 Å². The van der Waals surface area contributed by atoms with Gasteiger partial charge in [-0.2, -0.15) is 0 Å². The van der Waals surface area contributed by atoms with Gasteiger partial charge in [-0.1, -0.05) is 12.1 Å². The fraction of sp³-hybridized carbons (Fsp3) is 0. The second-order valence-electron chi connectivity index (χ2n) is 2.60. The molecule has 5 heteroatoms. The molecule has 0 bridgehead atoms. The fourth-order valence-electron chi connectivity index (χ4n) is 1.11. The van der Waals surface area contributed by atoms with Crippen LogP contribution in [0.2, 0.25) is 0 Å². The molecule has 4 nitrogen and oxygen atoms in total. The molecule has 0 unspecified atom stereocenters. The lowest BCUT2D eigenvalue weighted by molar-refractivity contribution is 0.111. The predicted octanol–water partition coefficient (Wildman–Crippen LogP) is 1.69. The maximum absolute atomic E-state index is 13.2. The summed E-state index contributed by atoms with van der Waals surface area (Å²) in [5.74, 6) is -0.466. The molecule has 0 saturated carbocycles. The second-order valence-corrected chi connectivity index (χ2v) is 2.60. The average molecular weight is 192 g/mol. The van der Waals surface area contributed by atoms with Crippen LogP contribution >= 0.6 is 0 Å². The van der Waals surface area contributed by atoms with E-state index in [2.05, 4.69) is 14.9 Å². The molecule has 2 aromatic rings. The molecule has 1 aromatic carbocycles. The number of halogens is 1. The lowest BCUT2D eigenvalue weighted by Crippen LogP contribution is -1.88. The van der Waals surface area contributed by atoms with Crippen molar-refractivity contribution in [1.82, 2.24) is 10.3 Å². The summed E-state index contributed by atoms with van der Waals surface area (Å²) in [6, 6.07) is 5.97. The monoisotopic (exact) mass is 192 g/mol. The van der Waals surface area contributed by atoms with Gasteiger partial charge in [-0.25, -0.2) is 9.02 Å². The van der Waals surface area contributed by atoms with Crippen molar-refractivity contribution in [2.75, 3.05) is 0 Å². The molecule has 70 valence electrons. The van der Waals surface area contributed by atoms with Gasteiger partial charge in [0, 0.05) is 5.56 Å². The third-order valence-corrected chi connectivity index (χ3v) is 1.75. The highest BCUT2D eigenvalue weighted by atomic mass is 19.1. The number of aromatic nitrogens is 2. The van der Waals surface area contributed by atoms with E-state index in [9.17, 15) is 9.18 Å². The molecular weight excluding hydrogens is 187 g/mol. The zero-order chi connectivity index (χ0) is 9.97. The van der Waals surface area contributed by atoms with Crippen LogP contribution in [-0.4, -0.2) is 16.6 Å². The normalized spacial score (nSPS) is 10.1. The first-order valence-corrected chi connectivity index (χ1v) is 3.85. The summed E-state index contributed by atoms with van der Waals surface area (Å²) in [5, 5.41) is 6.79. The molecule has 1 aromatic heterocycles. The summed E-state index contributed by atoms with van der Waals surface area (Å²) in [7, 11) is 0. The van der Waals surface area contributed by atoms with E-state index in [4.69, 9.17) is 0 Å². The summed E-state index contributed by atoms with van der Waals surface area (Å²) >= 11 is 0. The standard InChI is InChI=1S/C9H5FN2O2/c10-7-4-2-1-3-6(7)9-8(5-13)11-14-12-9/h1-5H. The Morgan fingerprint density at radius 1 is 1.29 bits per heavy atom. The van der Waals surface area contributed by atoms with Crippen LogP contribution in [-0.2, 0) is 0 Å². The number of rotatable bonds is 2. The predicted molar refractivity (Wildman–Crippen MR) is 45.1 cm³/mol. The Kier molecular flexibility index (Phi) is 2.06. The van der Waals surface area contributed by atoms with Crippen LogP contribution in [0.5, 0.6) is 0 Å².